The van der Waals surface area contributed by atoms with E-state index in [2.05, 4.69) is 26.5 Å². The molecule has 3 heterocycles. The molecule has 17 heavy (non-hydrogen) atoms. The normalized spacial score (nSPS) is 29.1. The molecule has 2 atom stereocenters. The van der Waals surface area contributed by atoms with E-state index in [1.165, 1.54) is 25.8 Å². The number of aryl methyl sites for hydroxylation is 1. The smallest absolute Gasteiger partial charge is 0.205 e. The van der Waals surface area contributed by atoms with E-state index in [-0.39, 0.29) is 0 Å². The van der Waals surface area contributed by atoms with E-state index in [0.29, 0.717) is 0 Å². The molecule has 2 fully saturated rings. The molecule has 2 aliphatic rings. The van der Waals surface area contributed by atoms with E-state index in [0.717, 1.165) is 42.4 Å². The number of nitrogens with zero attached hydrogens (tertiary/aromatic N) is 3. The van der Waals surface area contributed by atoms with Crippen molar-refractivity contribution in [1.82, 2.24) is 14.7 Å². The van der Waals surface area contributed by atoms with Crippen LogP contribution in [-0.4, -0.2) is 35.0 Å². The number of nitrogens with one attached hydrogen (secondary N) is 1. The van der Waals surface area contributed by atoms with Crippen molar-refractivity contribution in [2.24, 2.45) is 5.92 Å². The van der Waals surface area contributed by atoms with E-state index in [1.54, 1.807) is 11.5 Å². The molecule has 2 aliphatic heterocycles. The van der Waals surface area contributed by atoms with Gasteiger partial charge in [0.05, 0.1) is 0 Å². The molecule has 1 aromatic rings. The molecule has 1 N–H and O–H groups in total. The molecule has 2 unspecified atom stereocenters. The zero-order valence-electron chi connectivity index (χ0n) is 10.4. The van der Waals surface area contributed by atoms with Gasteiger partial charge in [-0.1, -0.05) is 6.92 Å². The number of rotatable bonds is 2. The number of hydrogen-bond donors (Lipinski definition) is 1. The molecule has 0 radical (unpaired) electrons. The Morgan fingerprint density at radius 3 is 3.24 bits per heavy atom. The number of anilines is 1. The Balaban J connectivity index is 1.68. The van der Waals surface area contributed by atoms with Crippen molar-refractivity contribution >= 4 is 16.7 Å². The highest BCUT2D eigenvalue weighted by Crippen LogP contribution is 2.29. The van der Waals surface area contributed by atoms with Crippen molar-refractivity contribution in [3.63, 3.8) is 0 Å². The maximum atomic E-state index is 4.60. The summed E-state index contributed by atoms with van der Waals surface area (Å²) in [5.41, 5.74) is 0. The first-order valence-corrected chi connectivity index (χ1v) is 7.45. The van der Waals surface area contributed by atoms with Crippen LogP contribution in [-0.2, 0) is 6.42 Å². The Morgan fingerprint density at radius 2 is 2.41 bits per heavy atom. The lowest BCUT2D eigenvalue weighted by Gasteiger charge is -2.41. The fraction of sp³-hybridized carbons (Fsp3) is 0.833. The van der Waals surface area contributed by atoms with Gasteiger partial charge in [0.2, 0.25) is 5.13 Å². The standard InChI is InChI=1S/C12H20N4S/c1-2-11-14-12(17-15-11)16-7-5-10-9(8-16)4-3-6-13-10/h9-10,13H,2-8H2,1H3. The van der Waals surface area contributed by atoms with Crippen LogP contribution in [0.5, 0.6) is 0 Å². The molecule has 2 saturated heterocycles. The number of piperidine rings is 2. The lowest BCUT2D eigenvalue weighted by Crippen LogP contribution is -2.52. The summed E-state index contributed by atoms with van der Waals surface area (Å²) >= 11 is 1.56. The van der Waals surface area contributed by atoms with E-state index in [1.807, 2.05) is 0 Å². The molecule has 0 saturated carbocycles. The third-order valence-corrected chi connectivity index (χ3v) is 4.75. The van der Waals surface area contributed by atoms with Crippen molar-refractivity contribution < 1.29 is 0 Å². The van der Waals surface area contributed by atoms with Crippen molar-refractivity contribution in [3.8, 4) is 0 Å². The Bertz CT molecular complexity index is 378. The highest BCUT2D eigenvalue weighted by Gasteiger charge is 2.31. The van der Waals surface area contributed by atoms with Gasteiger partial charge in [-0.15, -0.1) is 0 Å². The van der Waals surface area contributed by atoms with E-state index < -0.39 is 0 Å². The quantitative estimate of drug-likeness (QED) is 0.869. The highest BCUT2D eigenvalue weighted by atomic mass is 32.1. The Morgan fingerprint density at radius 1 is 1.47 bits per heavy atom. The topological polar surface area (TPSA) is 41.1 Å². The van der Waals surface area contributed by atoms with Gasteiger partial charge in [-0.2, -0.15) is 4.37 Å². The first-order valence-electron chi connectivity index (χ1n) is 6.67. The summed E-state index contributed by atoms with van der Waals surface area (Å²) in [7, 11) is 0. The SMILES string of the molecule is CCc1nsc(N2CCC3NCCCC3C2)n1. The van der Waals surface area contributed by atoms with Gasteiger partial charge in [0, 0.05) is 37.1 Å². The van der Waals surface area contributed by atoms with Crippen molar-refractivity contribution in [1.29, 1.82) is 0 Å². The third-order valence-electron chi connectivity index (χ3n) is 3.94. The molecule has 5 heteroatoms. The summed E-state index contributed by atoms with van der Waals surface area (Å²) in [5, 5.41) is 4.78. The molecule has 0 amide bonds. The second-order valence-electron chi connectivity index (χ2n) is 5.04. The summed E-state index contributed by atoms with van der Waals surface area (Å²) < 4.78 is 4.39. The van der Waals surface area contributed by atoms with Crippen LogP contribution in [0.2, 0.25) is 0 Å². The first-order chi connectivity index (χ1) is 8.36. The van der Waals surface area contributed by atoms with E-state index >= 15 is 0 Å². The van der Waals surface area contributed by atoms with Crippen LogP contribution in [0.25, 0.3) is 0 Å². The van der Waals surface area contributed by atoms with Crippen molar-refractivity contribution in [3.05, 3.63) is 5.82 Å². The first kappa shape index (κ1) is 11.4. The molecular weight excluding hydrogens is 232 g/mol. The van der Waals surface area contributed by atoms with Crippen LogP contribution in [0.1, 0.15) is 32.0 Å². The minimum Gasteiger partial charge on any atom is -0.346 e. The van der Waals surface area contributed by atoms with E-state index in [9.17, 15) is 0 Å². The molecule has 0 aromatic carbocycles. The Labute approximate surface area is 107 Å². The molecule has 0 bridgehead atoms. The zero-order valence-corrected chi connectivity index (χ0v) is 11.2. The van der Waals surface area contributed by atoms with Gasteiger partial charge in [-0.05, 0) is 31.7 Å². The maximum absolute atomic E-state index is 4.60. The molecular formula is C12H20N4S. The summed E-state index contributed by atoms with van der Waals surface area (Å²) in [6.45, 7) is 5.62. The second-order valence-corrected chi connectivity index (χ2v) is 5.77. The van der Waals surface area contributed by atoms with Crippen LogP contribution in [0.4, 0.5) is 5.13 Å². The average molecular weight is 252 g/mol. The molecule has 1 aromatic heterocycles. The van der Waals surface area contributed by atoms with Crippen LogP contribution in [0.3, 0.4) is 0 Å². The molecule has 0 aliphatic carbocycles. The Kier molecular flexibility index (Phi) is 3.29. The van der Waals surface area contributed by atoms with Crippen LogP contribution < -0.4 is 10.2 Å². The van der Waals surface area contributed by atoms with Crippen molar-refractivity contribution in [2.75, 3.05) is 24.5 Å². The van der Waals surface area contributed by atoms with Gasteiger partial charge in [0.15, 0.2) is 0 Å². The Hall–Kier alpha value is -0.680. The second kappa shape index (κ2) is 4.90. The van der Waals surface area contributed by atoms with Crippen LogP contribution >= 0.6 is 11.5 Å². The van der Waals surface area contributed by atoms with Crippen molar-refractivity contribution in [2.45, 2.75) is 38.6 Å². The fourth-order valence-electron chi connectivity index (χ4n) is 2.94. The largest absolute Gasteiger partial charge is 0.346 e. The maximum Gasteiger partial charge on any atom is 0.205 e. The average Bonchev–Trinajstić information content (AvgIpc) is 2.87. The predicted molar refractivity (Wildman–Crippen MR) is 70.6 cm³/mol. The predicted octanol–water partition coefficient (Wildman–Crippen LogP) is 1.68. The van der Waals surface area contributed by atoms with Gasteiger partial charge in [-0.3, -0.25) is 0 Å². The fourth-order valence-corrected chi connectivity index (χ4v) is 3.72. The highest BCUT2D eigenvalue weighted by molar-refractivity contribution is 7.09. The van der Waals surface area contributed by atoms with Gasteiger partial charge in [0.25, 0.3) is 0 Å². The number of aromatic nitrogens is 2. The lowest BCUT2D eigenvalue weighted by atomic mass is 9.86. The van der Waals surface area contributed by atoms with Crippen LogP contribution in [0.15, 0.2) is 0 Å². The molecule has 3 rings (SSSR count). The third kappa shape index (κ3) is 2.31. The van der Waals surface area contributed by atoms with Crippen LogP contribution in [0, 0.1) is 5.92 Å². The summed E-state index contributed by atoms with van der Waals surface area (Å²) in [5.74, 6) is 1.81. The molecule has 0 spiro atoms. The van der Waals surface area contributed by atoms with Gasteiger partial charge >= 0.3 is 0 Å². The number of fused-ring (bicyclic) bond motifs is 1. The zero-order chi connectivity index (χ0) is 11.7. The molecule has 94 valence electrons. The van der Waals surface area contributed by atoms with Gasteiger partial charge in [-0.25, -0.2) is 4.98 Å². The lowest BCUT2D eigenvalue weighted by molar-refractivity contribution is 0.244. The minimum absolute atomic E-state index is 0.749. The minimum atomic E-state index is 0.749. The number of hydrogen-bond acceptors (Lipinski definition) is 5. The molecule has 4 nitrogen and oxygen atoms in total. The summed E-state index contributed by atoms with van der Waals surface area (Å²) in [6, 6.07) is 0.749. The van der Waals surface area contributed by atoms with Gasteiger partial charge < -0.3 is 10.2 Å². The monoisotopic (exact) mass is 252 g/mol. The summed E-state index contributed by atoms with van der Waals surface area (Å²) in [4.78, 5) is 7.04. The van der Waals surface area contributed by atoms with Gasteiger partial charge in [0.1, 0.15) is 5.82 Å². The summed E-state index contributed by atoms with van der Waals surface area (Å²) in [6.07, 6.45) is 4.89. The van der Waals surface area contributed by atoms with E-state index in [4.69, 9.17) is 0 Å².